The van der Waals surface area contributed by atoms with Crippen LogP contribution in [0.25, 0.3) is 0 Å². The van der Waals surface area contributed by atoms with Crippen LogP contribution in [-0.2, 0) is 28.4 Å². The smallest absolute Gasteiger partial charge is 0.491 e. The molecule has 1 rings (SSSR count). The van der Waals surface area contributed by atoms with Crippen molar-refractivity contribution in [1.82, 2.24) is 0 Å². The Labute approximate surface area is 220 Å². The van der Waals surface area contributed by atoms with Gasteiger partial charge in [-0.2, -0.15) is 0 Å². The number of hydrogen-bond donors (Lipinski definition) is 1. The number of rotatable bonds is 21. The van der Waals surface area contributed by atoms with Crippen LogP contribution in [0.1, 0.15) is 64.2 Å². The minimum absolute atomic E-state index is 0.0543. The predicted octanol–water partition coefficient (Wildman–Crippen LogP) is 4.73. The van der Waals surface area contributed by atoms with Crippen molar-refractivity contribution in [3.8, 4) is 5.75 Å². The molecule has 0 radical (unpaired) electrons. The number of carbonyl (C=O) groups is 2. The minimum Gasteiger partial charge on any atom is -0.491 e. The quantitative estimate of drug-likeness (QED) is 0.177. The molecule has 0 saturated heterocycles. The van der Waals surface area contributed by atoms with Gasteiger partial charge in [-0.3, -0.25) is 0 Å². The Morgan fingerprint density at radius 2 is 1.38 bits per heavy atom. The van der Waals surface area contributed by atoms with Crippen LogP contribution < -0.4 is 4.74 Å². The Morgan fingerprint density at radius 3 is 2.00 bits per heavy atom. The number of carbonyl (C=O) groups excluding carboxylic acids is 1. The standard InChI is InChI=1S/C27H44O10/c1-6-23(34-14-15-35-24-10-8-22(9-11-24)26(28)29)19-25(36-16-17-37-27(30)31-7-2)18-21(5)33-13-12-32-20(3)4/h8-11,20-21,23,25H,6-7,12-19H2,1-5H3,(H,28,29). The summed E-state index contributed by atoms with van der Waals surface area (Å²) in [5.74, 6) is -0.398. The molecule has 0 aliphatic carbocycles. The van der Waals surface area contributed by atoms with Gasteiger partial charge in [0.15, 0.2) is 0 Å². The molecule has 212 valence electrons. The van der Waals surface area contributed by atoms with Crippen LogP contribution in [0.4, 0.5) is 4.79 Å². The van der Waals surface area contributed by atoms with Crippen LogP contribution in [0.15, 0.2) is 24.3 Å². The van der Waals surface area contributed by atoms with Crippen LogP contribution in [0, 0.1) is 0 Å². The molecular formula is C27H44O10. The van der Waals surface area contributed by atoms with Gasteiger partial charge in [0.2, 0.25) is 0 Å². The highest BCUT2D eigenvalue weighted by atomic mass is 16.7. The van der Waals surface area contributed by atoms with Crippen molar-refractivity contribution in [1.29, 1.82) is 0 Å². The maximum absolute atomic E-state index is 11.4. The molecule has 1 aromatic rings. The molecule has 0 spiro atoms. The number of aromatic carboxylic acids is 1. The van der Waals surface area contributed by atoms with E-state index in [4.69, 9.17) is 38.3 Å². The van der Waals surface area contributed by atoms with Gasteiger partial charge in [-0.1, -0.05) is 6.92 Å². The second-order valence-electron chi connectivity index (χ2n) is 8.68. The highest BCUT2D eigenvalue weighted by Crippen LogP contribution is 2.17. The predicted molar refractivity (Wildman–Crippen MR) is 137 cm³/mol. The monoisotopic (exact) mass is 528 g/mol. The second-order valence-corrected chi connectivity index (χ2v) is 8.68. The molecule has 3 atom stereocenters. The molecular weight excluding hydrogens is 484 g/mol. The maximum atomic E-state index is 11.4. The second kappa shape index (κ2) is 19.7. The lowest BCUT2D eigenvalue weighted by molar-refractivity contribution is -0.0665. The molecule has 37 heavy (non-hydrogen) atoms. The first-order valence-electron chi connectivity index (χ1n) is 13.0. The van der Waals surface area contributed by atoms with E-state index in [1.807, 2.05) is 27.7 Å². The summed E-state index contributed by atoms with van der Waals surface area (Å²) in [4.78, 5) is 22.3. The minimum atomic E-state index is -0.978. The van der Waals surface area contributed by atoms with E-state index in [0.717, 1.165) is 6.42 Å². The summed E-state index contributed by atoms with van der Waals surface area (Å²) in [5, 5.41) is 8.98. The lowest BCUT2D eigenvalue weighted by Crippen LogP contribution is -2.29. The van der Waals surface area contributed by atoms with Crippen molar-refractivity contribution < 1.29 is 47.9 Å². The van der Waals surface area contributed by atoms with Crippen molar-refractivity contribution >= 4 is 12.1 Å². The topological polar surface area (TPSA) is 119 Å². The summed E-state index contributed by atoms with van der Waals surface area (Å²) in [6, 6.07) is 6.24. The highest BCUT2D eigenvalue weighted by molar-refractivity contribution is 5.87. The van der Waals surface area contributed by atoms with E-state index in [2.05, 4.69) is 0 Å². The van der Waals surface area contributed by atoms with E-state index in [1.165, 1.54) is 12.1 Å². The van der Waals surface area contributed by atoms with Gasteiger partial charge in [0.05, 0.1) is 63.0 Å². The zero-order valence-electron chi connectivity index (χ0n) is 22.8. The largest absolute Gasteiger partial charge is 0.508 e. The molecule has 0 bridgehead atoms. The number of carboxylic acid groups (broad SMARTS) is 1. The van der Waals surface area contributed by atoms with Gasteiger partial charge in [-0.25, -0.2) is 9.59 Å². The number of carboxylic acids is 1. The summed E-state index contributed by atoms with van der Waals surface area (Å²) in [7, 11) is 0. The maximum Gasteiger partial charge on any atom is 0.508 e. The third kappa shape index (κ3) is 16.1. The Hall–Kier alpha value is -2.40. The highest BCUT2D eigenvalue weighted by Gasteiger charge is 2.20. The fourth-order valence-corrected chi connectivity index (χ4v) is 3.42. The van der Waals surface area contributed by atoms with E-state index >= 15 is 0 Å². The van der Waals surface area contributed by atoms with Crippen molar-refractivity contribution in [3.05, 3.63) is 29.8 Å². The van der Waals surface area contributed by atoms with E-state index < -0.39 is 12.1 Å². The zero-order chi connectivity index (χ0) is 27.5. The third-order valence-electron chi connectivity index (χ3n) is 5.24. The fourth-order valence-electron chi connectivity index (χ4n) is 3.42. The van der Waals surface area contributed by atoms with Gasteiger partial charge in [-0.15, -0.1) is 0 Å². The molecule has 0 saturated carbocycles. The summed E-state index contributed by atoms with van der Waals surface area (Å²) in [5.41, 5.74) is 0.207. The van der Waals surface area contributed by atoms with Crippen molar-refractivity contribution in [2.75, 3.05) is 46.2 Å². The van der Waals surface area contributed by atoms with E-state index in [0.29, 0.717) is 45.0 Å². The zero-order valence-corrected chi connectivity index (χ0v) is 22.8. The van der Waals surface area contributed by atoms with Crippen molar-refractivity contribution in [2.24, 2.45) is 0 Å². The number of ether oxygens (including phenoxy) is 7. The molecule has 0 aliphatic heterocycles. The Balaban J connectivity index is 2.51. The van der Waals surface area contributed by atoms with Crippen molar-refractivity contribution in [2.45, 2.75) is 78.3 Å². The van der Waals surface area contributed by atoms with E-state index in [1.54, 1.807) is 19.1 Å². The lowest BCUT2D eigenvalue weighted by atomic mass is 10.0. The van der Waals surface area contributed by atoms with Gasteiger partial charge in [-0.05, 0) is 71.2 Å². The first-order chi connectivity index (χ1) is 17.7. The van der Waals surface area contributed by atoms with Crippen LogP contribution in [0.5, 0.6) is 5.75 Å². The summed E-state index contributed by atoms with van der Waals surface area (Å²) in [6.07, 6.45) is 1.23. The van der Waals surface area contributed by atoms with Gasteiger partial charge in [0, 0.05) is 0 Å². The Bertz CT molecular complexity index is 737. The average molecular weight is 529 g/mol. The molecule has 10 heteroatoms. The van der Waals surface area contributed by atoms with Crippen LogP contribution >= 0.6 is 0 Å². The van der Waals surface area contributed by atoms with Crippen LogP contribution in [0.2, 0.25) is 0 Å². The van der Waals surface area contributed by atoms with Crippen molar-refractivity contribution in [3.63, 3.8) is 0 Å². The molecule has 0 amide bonds. The van der Waals surface area contributed by atoms with E-state index in [-0.39, 0.29) is 49.8 Å². The van der Waals surface area contributed by atoms with Crippen LogP contribution in [-0.4, -0.2) is 87.9 Å². The molecule has 0 aromatic heterocycles. The molecule has 3 unspecified atom stereocenters. The number of benzene rings is 1. The summed E-state index contributed by atoms with van der Waals surface area (Å²) < 4.78 is 38.9. The normalized spacial score (nSPS) is 13.7. The fraction of sp³-hybridized carbons (Fsp3) is 0.704. The third-order valence-corrected chi connectivity index (χ3v) is 5.24. The molecule has 0 fully saturated rings. The Kier molecular flexibility index (Phi) is 17.4. The molecule has 0 heterocycles. The van der Waals surface area contributed by atoms with E-state index in [9.17, 15) is 9.59 Å². The molecule has 10 nitrogen and oxygen atoms in total. The van der Waals surface area contributed by atoms with Gasteiger partial charge >= 0.3 is 12.1 Å². The van der Waals surface area contributed by atoms with Gasteiger partial charge in [0.25, 0.3) is 0 Å². The first-order valence-corrected chi connectivity index (χ1v) is 13.0. The Morgan fingerprint density at radius 1 is 0.757 bits per heavy atom. The lowest BCUT2D eigenvalue weighted by Gasteiger charge is -2.26. The van der Waals surface area contributed by atoms with Gasteiger partial charge in [0.1, 0.15) is 19.0 Å². The number of hydrogen-bond acceptors (Lipinski definition) is 9. The average Bonchev–Trinajstić information content (AvgIpc) is 2.86. The van der Waals surface area contributed by atoms with Gasteiger partial charge < -0.3 is 38.3 Å². The molecule has 1 N–H and O–H groups in total. The SMILES string of the molecule is CCOC(=O)OCCOC(CC(C)OCCOC(C)C)CC(CC)OCCOc1ccc(C(=O)O)cc1. The summed E-state index contributed by atoms with van der Waals surface area (Å²) in [6.45, 7) is 12.0. The molecule has 0 aliphatic rings. The summed E-state index contributed by atoms with van der Waals surface area (Å²) >= 11 is 0. The molecule has 1 aromatic carbocycles. The van der Waals surface area contributed by atoms with Crippen LogP contribution in [0.3, 0.4) is 0 Å². The first kappa shape index (κ1) is 32.6.